The van der Waals surface area contributed by atoms with E-state index in [9.17, 15) is 19.8 Å². The maximum atomic E-state index is 13.2. The van der Waals surface area contributed by atoms with Gasteiger partial charge in [0.25, 0.3) is 0 Å². The van der Waals surface area contributed by atoms with Crippen LogP contribution in [0, 0.1) is 5.92 Å². The van der Waals surface area contributed by atoms with E-state index in [0.29, 0.717) is 6.42 Å². The van der Waals surface area contributed by atoms with Crippen molar-refractivity contribution in [3.05, 3.63) is 17.7 Å². The van der Waals surface area contributed by atoms with E-state index < -0.39 is 0 Å². The summed E-state index contributed by atoms with van der Waals surface area (Å²) in [5, 5.41) is 24.1. The number of aromatic hydroxyl groups is 2. The summed E-state index contributed by atoms with van der Waals surface area (Å²) < 4.78 is 0. The first-order valence-corrected chi connectivity index (χ1v) is 18.3. The van der Waals surface area contributed by atoms with Gasteiger partial charge in [0.15, 0.2) is 5.78 Å². The fourth-order valence-electron chi connectivity index (χ4n) is 5.97. The summed E-state index contributed by atoms with van der Waals surface area (Å²) in [6.07, 6.45) is 29.8. The summed E-state index contributed by atoms with van der Waals surface area (Å²) in [5.74, 6) is -0.717. The summed E-state index contributed by atoms with van der Waals surface area (Å²) in [6, 6.07) is 2.66. The van der Waals surface area contributed by atoms with Gasteiger partial charge >= 0.3 is 0 Å². The van der Waals surface area contributed by atoms with Crippen molar-refractivity contribution in [2.24, 2.45) is 5.92 Å². The number of nitrogens with one attached hydrogen (secondary N) is 1. The van der Waals surface area contributed by atoms with Crippen molar-refractivity contribution in [2.45, 2.75) is 188 Å². The molecule has 0 spiro atoms. The zero-order valence-electron chi connectivity index (χ0n) is 28.3. The Kier molecular flexibility index (Phi) is 23.9. The van der Waals surface area contributed by atoms with Crippen LogP contribution >= 0.6 is 0 Å². The largest absolute Gasteiger partial charge is 0.507 e. The molecule has 1 aromatic rings. The van der Waals surface area contributed by atoms with Gasteiger partial charge in [0.1, 0.15) is 11.5 Å². The van der Waals surface area contributed by atoms with Crippen LogP contribution in [-0.4, -0.2) is 21.9 Å². The molecule has 3 N–H and O–H groups in total. The lowest BCUT2D eigenvalue weighted by molar-refractivity contribution is -0.120. The number of amides is 1. The van der Waals surface area contributed by atoms with Crippen LogP contribution in [0.1, 0.15) is 198 Å². The smallest absolute Gasteiger partial charge is 0.227 e. The van der Waals surface area contributed by atoms with Crippen molar-refractivity contribution in [1.82, 2.24) is 0 Å². The summed E-state index contributed by atoms with van der Waals surface area (Å²) in [6.45, 7) is 6.66. The van der Waals surface area contributed by atoms with Gasteiger partial charge in [0, 0.05) is 18.4 Å². The summed E-state index contributed by atoms with van der Waals surface area (Å²) >= 11 is 0. The molecule has 5 heteroatoms. The number of ketones is 1. The number of phenols is 2. The van der Waals surface area contributed by atoms with Crippen LogP contribution in [0.3, 0.4) is 0 Å². The van der Waals surface area contributed by atoms with Crippen LogP contribution in [0.4, 0.5) is 5.69 Å². The highest BCUT2D eigenvalue weighted by Gasteiger charge is 2.21. The monoisotopic (exact) mass is 602 g/mol. The first-order chi connectivity index (χ1) is 20.9. The van der Waals surface area contributed by atoms with Gasteiger partial charge in [-0.3, -0.25) is 9.59 Å². The van der Waals surface area contributed by atoms with Crippen molar-refractivity contribution in [3.63, 3.8) is 0 Å². The molecule has 1 unspecified atom stereocenters. The molecule has 0 heterocycles. The molecule has 1 atom stereocenters. The first kappa shape index (κ1) is 39.0. The average Bonchev–Trinajstić information content (AvgIpc) is 2.99. The van der Waals surface area contributed by atoms with Crippen molar-refractivity contribution in [3.8, 4) is 11.5 Å². The maximum absolute atomic E-state index is 13.2. The number of anilines is 1. The van der Waals surface area contributed by atoms with Gasteiger partial charge in [-0.25, -0.2) is 0 Å². The molecule has 0 aromatic heterocycles. The normalized spacial score (nSPS) is 12.0. The highest BCUT2D eigenvalue weighted by Crippen LogP contribution is 2.33. The van der Waals surface area contributed by atoms with Crippen LogP contribution in [0.2, 0.25) is 0 Å². The number of carbonyl (C=O) groups excluding carboxylic acids is 2. The van der Waals surface area contributed by atoms with Gasteiger partial charge in [-0.1, -0.05) is 162 Å². The third-order valence-electron chi connectivity index (χ3n) is 8.86. The molecule has 248 valence electrons. The minimum absolute atomic E-state index is 0.106. The molecule has 0 radical (unpaired) electrons. The molecule has 0 bridgehead atoms. The molecule has 1 rings (SSSR count). The Labute approximate surface area is 265 Å². The molecule has 43 heavy (non-hydrogen) atoms. The van der Waals surface area contributed by atoms with Crippen molar-refractivity contribution in [2.75, 3.05) is 5.32 Å². The standard InChI is InChI=1S/C38H67NO4/c1-4-7-10-13-15-16-17-18-19-20-21-23-26-29-35(40)33-30-37(42)34(31-36(33)41)39-38(43)32(27-24-12-9-6-3)28-25-22-14-11-8-5-2/h30-32,41-42H,4-29H2,1-3H3,(H,39,43). The quantitative estimate of drug-likeness (QED) is 0.0369. The number of unbranched alkanes of at least 4 members (excludes halogenated alkanes) is 20. The van der Waals surface area contributed by atoms with Crippen molar-refractivity contribution >= 4 is 17.4 Å². The number of rotatable bonds is 29. The topological polar surface area (TPSA) is 86.6 Å². The number of carbonyl (C=O) groups is 2. The second-order valence-electron chi connectivity index (χ2n) is 12.9. The molecule has 0 saturated heterocycles. The Hall–Kier alpha value is -2.04. The Bertz CT molecular complexity index is 853. The molecule has 0 aliphatic rings. The minimum Gasteiger partial charge on any atom is -0.507 e. The van der Waals surface area contributed by atoms with E-state index in [4.69, 9.17) is 0 Å². The SMILES string of the molecule is CCCCCCCCCCCCCCCC(=O)c1cc(O)c(NC(=O)C(CCCCCC)CCCCCCCC)cc1O. The van der Waals surface area contributed by atoms with E-state index in [0.717, 1.165) is 64.2 Å². The van der Waals surface area contributed by atoms with Crippen molar-refractivity contribution < 1.29 is 19.8 Å². The Morgan fingerprint density at radius 2 is 0.953 bits per heavy atom. The summed E-state index contributed by atoms with van der Waals surface area (Å²) in [7, 11) is 0. The number of benzene rings is 1. The number of phenolic OH excluding ortho intramolecular Hbond substituents is 2. The predicted molar refractivity (Wildman–Crippen MR) is 183 cm³/mol. The molecular formula is C38H67NO4. The highest BCUT2D eigenvalue weighted by atomic mass is 16.3. The van der Waals surface area contributed by atoms with Gasteiger partial charge in [-0.2, -0.15) is 0 Å². The molecule has 5 nitrogen and oxygen atoms in total. The average molecular weight is 602 g/mol. The molecule has 0 aliphatic carbocycles. The third kappa shape index (κ3) is 19.1. The van der Waals surface area contributed by atoms with Gasteiger partial charge in [0.2, 0.25) is 5.91 Å². The second kappa shape index (κ2) is 26.4. The Morgan fingerprint density at radius 1 is 0.558 bits per heavy atom. The minimum atomic E-state index is -0.178. The second-order valence-corrected chi connectivity index (χ2v) is 12.9. The summed E-state index contributed by atoms with van der Waals surface area (Å²) in [4.78, 5) is 26.0. The van der Waals surface area contributed by atoms with Gasteiger partial charge in [0.05, 0.1) is 11.3 Å². The van der Waals surface area contributed by atoms with Gasteiger partial charge in [-0.05, 0) is 25.3 Å². The fraction of sp³-hybridized carbons (Fsp3) is 0.789. The van der Waals surface area contributed by atoms with E-state index in [2.05, 4.69) is 26.1 Å². The number of hydrogen-bond donors (Lipinski definition) is 3. The Balaban J connectivity index is 2.46. The lowest BCUT2D eigenvalue weighted by atomic mass is 9.93. The predicted octanol–water partition coefficient (Wildman–Crippen LogP) is 12.0. The van der Waals surface area contributed by atoms with E-state index in [-0.39, 0.29) is 40.4 Å². The fourth-order valence-corrected chi connectivity index (χ4v) is 5.97. The van der Waals surface area contributed by atoms with E-state index in [1.807, 2.05) is 0 Å². The van der Waals surface area contributed by atoms with Crippen LogP contribution < -0.4 is 5.32 Å². The number of Topliss-reactive ketones (excluding diaryl/α,β-unsaturated/α-hetero) is 1. The Morgan fingerprint density at radius 3 is 1.42 bits per heavy atom. The first-order valence-electron chi connectivity index (χ1n) is 18.3. The van der Waals surface area contributed by atoms with Crippen LogP contribution in [0.5, 0.6) is 11.5 Å². The van der Waals surface area contributed by atoms with E-state index >= 15 is 0 Å². The van der Waals surface area contributed by atoms with Crippen LogP contribution in [0.25, 0.3) is 0 Å². The van der Waals surface area contributed by atoms with Crippen molar-refractivity contribution in [1.29, 1.82) is 0 Å². The molecule has 0 aliphatic heterocycles. The third-order valence-corrected chi connectivity index (χ3v) is 8.86. The molecule has 1 amide bonds. The lowest BCUT2D eigenvalue weighted by Gasteiger charge is -2.18. The summed E-state index contributed by atoms with van der Waals surface area (Å²) in [5.41, 5.74) is 0.319. The molecular weight excluding hydrogens is 534 g/mol. The lowest BCUT2D eigenvalue weighted by Crippen LogP contribution is -2.23. The zero-order valence-corrected chi connectivity index (χ0v) is 28.3. The van der Waals surface area contributed by atoms with E-state index in [1.165, 1.54) is 108 Å². The molecule has 1 aromatic carbocycles. The molecule has 0 fully saturated rings. The maximum Gasteiger partial charge on any atom is 0.227 e. The van der Waals surface area contributed by atoms with E-state index in [1.54, 1.807) is 0 Å². The van der Waals surface area contributed by atoms with Gasteiger partial charge in [-0.15, -0.1) is 0 Å². The zero-order chi connectivity index (χ0) is 31.5. The van der Waals surface area contributed by atoms with Crippen LogP contribution in [-0.2, 0) is 4.79 Å². The highest BCUT2D eigenvalue weighted by molar-refractivity contribution is 6.01. The molecule has 0 saturated carbocycles. The number of hydrogen-bond acceptors (Lipinski definition) is 4. The van der Waals surface area contributed by atoms with Crippen LogP contribution in [0.15, 0.2) is 12.1 Å². The van der Waals surface area contributed by atoms with Gasteiger partial charge < -0.3 is 15.5 Å².